The van der Waals surface area contributed by atoms with Gasteiger partial charge in [0.25, 0.3) is 0 Å². The van der Waals surface area contributed by atoms with Gasteiger partial charge in [-0.1, -0.05) is 0 Å². The smallest absolute Gasteiger partial charge is 0.138 e. The molecule has 2 aromatic rings. The summed E-state index contributed by atoms with van der Waals surface area (Å²) in [4.78, 5) is 10.3. The van der Waals surface area contributed by atoms with Crippen LogP contribution in [0.1, 0.15) is 12.7 Å². The highest BCUT2D eigenvalue weighted by Gasteiger charge is 2.10. The molecule has 1 aromatic carbocycles. The van der Waals surface area contributed by atoms with Crippen molar-refractivity contribution in [3.05, 3.63) is 42.0 Å². The summed E-state index contributed by atoms with van der Waals surface area (Å²) in [6, 6.07) is 7.99. The largest absolute Gasteiger partial charge is 0.384 e. The summed E-state index contributed by atoms with van der Waals surface area (Å²) in [6.07, 6.45) is 0. The first-order chi connectivity index (χ1) is 8.60. The molecule has 5 heteroatoms. The first-order valence-electron chi connectivity index (χ1n) is 5.74. The molecule has 94 valence electrons. The summed E-state index contributed by atoms with van der Waals surface area (Å²) in [6.45, 7) is 4.50. The van der Waals surface area contributed by atoms with Crippen LogP contribution in [-0.4, -0.2) is 16.5 Å². The third-order valence-electron chi connectivity index (χ3n) is 2.58. The highest BCUT2D eigenvalue weighted by molar-refractivity contribution is 5.61. The number of hydrogen-bond donors (Lipinski definition) is 1. The second-order valence-electron chi connectivity index (χ2n) is 3.92. The first-order valence-corrected chi connectivity index (χ1v) is 5.74. The lowest BCUT2D eigenvalue weighted by molar-refractivity contribution is 0.627. The number of nitrogens with two attached hydrogens (primary N) is 1. The molecule has 0 aliphatic carbocycles. The summed E-state index contributed by atoms with van der Waals surface area (Å²) in [7, 11) is 0. The van der Waals surface area contributed by atoms with Crippen LogP contribution in [0.15, 0.2) is 30.3 Å². The highest BCUT2D eigenvalue weighted by atomic mass is 19.1. The monoisotopic (exact) mass is 246 g/mol. The number of rotatable bonds is 3. The Labute approximate surface area is 105 Å². The van der Waals surface area contributed by atoms with Crippen LogP contribution in [0.2, 0.25) is 0 Å². The Hall–Kier alpha value is -2.17. The maximum Gasteiger partial charge on any atom is 0.138 e. The molecule has 0 fully saturated rings. The molecule has 0 bridgehead atoms. The quantitative estimate of drug-likeness (QED) is 0.904. The lowest BCUT2D eigenvalue weighted by atomic mass is 10.2. The molecular weight excluding hydrogens is 231 g/mol. The predicted octanol–water partition coefficient (Wildman–Crippen LogP) is 2.66. The standard InChI is InChI=1S/C13H15FN4/c1-3-18(11-6-4-10(14)5-7-11)13-8-12(15)16-9(2)17-13/h4-8H,3H2,1-2H3,(H2,15,16,17). The average Bonchev–Trinajstić information content (AvgIpc) is 2.31. The fourth-order valence-electron chi connectivity index (χ4n) is 1.81. The van der Waals surface area contributed by atoms with Crippen molar-refractivity contribution in [2.24, 2.45) is 0 Å². The Morgan fingerprint density at radius 3 is 2.44 bits per heavy atom. The molecule has 4 nitrogen and oxygen atoms in total. The van der Waals surface area contributed by atoms with Crippen LogP contribution >= 0.6 is 0 Å². The van der Waals surface area contributed by atoms with Crippen molar-refractivity contribution >= 4 is 17.3 Å². The van der Waals surface area contributed by atoms with E-state index in [9.17, 15) is 4.39 Å². The average molecular weight is 246 g/mol. The lowest BCUT2D eigenvalue weighted by Gasteiger charge is -2.22. The van der Waals surface area contributed by atoms with Gasteiger partial charge in [0, 0.05) is 18.3 Å². The van der Waals surface area contributed by atoms with E-state index >= 15 is 0 Å². The van der Waals surface area contributed by atoms with Crippen LogP contribution in [0.3, 0.4) is 0 Å². The summed E-state index contributed by atoms with van der Waals surface area (Å²) >= 11 is 0. The molecule has 0 aliphatic rings. The van der Waals surface area contributed by atoms with Gasteiger partial charge in [0.05, 0.1) is 0 Å². The molecule has 0 aliphatic heterocycles. The van der Waals surface area contributed by atoms with Gasteiger partial charge < -0.3 is 10.6 Å². The predicted molar refractivity (Wildman–Crippen MR) is 70.3 cm³/mol. The van der Waals surface area contributed by atoms with Crippen molar-refractivity contribution in [1.82, 2.24) is 9.97 Å². The summed E-state index contributed by atoms with van der Waals surface area (Å²) in [5.41, 5.74) is 6.59. The molecule has 1 heterocycles. The number of aryl methyl sites for hydroxylation is 1. The molecule has 2 N–H and O–H groups in total. The van der Waals surface area contributed by atoms with E-state index in [0.717, 1.165) is 5.69 Å². The van der Waals surface area contributed by atoms with Crippen molar-refractivity contribution in [3.63, 3.8) is 0 Å². The molecule has 0 saturated carbocycles. The maximum atomic E-state index is 12.9. The van der Waals surface area contributed by atoms with Crippen molar-refractivity contribution < 1.29 is 4.39 Å². The Morgan fingerprint density at radius 2 is 1.89 bits per heavy atom. The van der Waals surface area contributed by atoms with Gasteiger partial charge in [-0.3, -0.25) is 0 Å². The molecule has 0 radical (unpaired) electrons. The molecule has 0 atom stereocenters. The summed E-state index contributed by atoms with van der Waals surface area (Å²) < 4.78 is 12.9. The summed E-state index contributed by atoms with van der Waals surface area (Å²) in [5, 5.41) is 0. The van der Waals surface area contributed by atoms with Gasteiger partial charge >= 0.3 is 0 Å². The zero-order valence-corrected chi connectivity index (χ0v) is 10.4. The molecule has 18 heavy (non-hydrogen) atoms. The van der Waals surface area contributed by atoms with Crippen LogP contribution in [0.4, 0.5) is 21.7 Å². The van der Waals surface area contributed by atoms with Crippen LogP contribution in [0, 0.1) is 12.7 Å². The van der Waals surface area contributed by atoms with Crippen molar-refractivity contribution in [3.8, 4) is 0 Å². The highest BCUT2D eigenvalue weighted by Crippen LogP contribution is 2.24. The van der Waals surface area contributed by atoms with E-state index in [0.29, 0.717) is 24.0 Å². The number of hydrogen-bond acceptors (Lipinski definition) is 4. The van der Waals surface area contributed by atoms with Gasteiger partial charge in [-0.2, -0.15) is 0 Å². The number of nitrogen functional groups attached to an aromatic ring is 1. The van der Waals surface area contributed by atoms with Crippen LogP contribution in [0.5, 0.6) is 0 Å². The minimum atomic E-state index is -0.256. The van der Waals surface area contributed by atoms with Crippen LogP contribution in [0.25, 0.3) is 0 Å². The van der Waals surface area contributed by atoms with Gasteiger partial charge in [-0.25, -0.2) is 14.4 Å². The zero-order chi connectivity index (χ0) is 13.1. The Bertz CT molecular complexity index is 519. The zero-order valence-electron chi connectivity index (χ0n) is 10.4. The minimum Gasteiger partial charge on any atom is -0.384 e. The van der Waals surface area contributed by atoms with Crippen LogP contribution < -0.4 is 10.6 Å². The second kappa shape index (κ2) is 5.00. The molecule has 0 saturated heterocycles. The van der Waals surface area contributed by atoms with E-state index in [1.54, 1.807) is 25.1 Å². The van der Waals surface area contributed by atoms with Gasteiger partial charge in [0.15, 0.2) is 0 Å². The van der Waals surface area contributed by atoms with Crippen molar-refractivity contribution in [2.45, 2.75) is 13.8 Å². The Balaban J connectivity index is 2.41. The topological polar surface area (TPSA) is 55.0 Å². The number of anilines is 3. The fourth-order valence-corrected chi connectivity index (χ4v) is 1.81. The van der Waals surface area contributed by atoms with Crippen molar-refractivity contribution in [1.29, 1.82) is 0 Å². The Morgan fingerprint density at radius 1 is 1.22 bits per heavy atom. The molecule has 2 rings (SSSR count). The number of nitrogens with zero attached hydrogens (tertiary/aromatic N) is 3. The molecule has 0 unspecified atom stereocenters. The van der Waals surface area contributed by atoms with E-state index in [2.05, 4.69) is 9.97 Å². The van der Waals surface area contributed by atoms with E-state index in [-0.39, 0.29) is 5.82 Å². The minimum absolute atomic E-state index is 0.256. The molecule has 0 spiro atoms. The third kappa shape index (κ3) is 2.56. The SMILES string of the molecule is CCN(c1ccc(F)cc1)c1cc(N)nc(C)n1. The molecule has 1 aromatic heterocycles. The van der Waals surface area contributed by atoms with E-state index in [1.165, 1.54) is 12.1 Å². The number of aromatic nitrogens is 2. The van der Waals surface area contributed by atoms with Gasteiger partial charge in [-0.15, -0.1) is 0 Å². The number of benzene rings is 1. The summed E-state index contributed by atoms with van der Waals surface area (Å²) in [5.74, 6) is 1.51. The molecule has 0 amide bonds. The van der Waals surface area contributed by atoms with E-state index in [1.807, 2.05) is 11.8 Å². The fraction of sp³-hybridized carbons (Fsp3) is 0.231. The maximum absolute atomic E-state index is 12.9. The second-order valence-corrected chi connectivity index (χ2v) is 3.92. The van der Waals surface area contributed by atoms with Crippen molar-refractivity contribution in [2.75, 3.05) is 17.2 Å². The van der Waals surface area contributed by atoms with Crippen LogP contribution in [-0.2, 0) is 0 Å². The van der Waals surface area contributed by atoms with Gasteiger partial charge in [0.2, 0.25) is 0 Å². The number of halogens is 1. The Kier molecular flexibility index (Phi) is 3.41. The first kappa shape index (κ1) is 12.3. The normalized spacial score (nSPS) is 10.4. The van der Waals surface area contributed by atoms with E-state index < -0.39 is 0 Å². The van der Waals surface area contributed by atoms with E-state index in [4.69, 9.17) is 5.73 Å². The lowest BCUT2D eigenvalue weighted by Crippen LogP contribution is -2.18. The molecular formula is C13H15FN4. The van der Waals surface area contributed by atoms with Gasteiger partial charge in [0.1, 0.15) is 23.3 Å². The van der Waals surface area contributed by atoms with Gasteiger partial charge in [-0.05, 0) is 38.1 Å². The third-order valence-corrected chi connectivity index (χ3v) is 2.58.